The van der Waals surface area contributed by atoms with Gasteiger partial charge in [-0.1, -0.05) is 5.16 Å². The molecule has 0 saturated heterocycles. The molecule has 3 rings (SSSR count). The molecule has 2 heterocycles. The van der Waals surface area contributed by atoms with Crippen LogP contribution in [0.2, 0.25) is 0 Å². The number of aliphatic hydroxyl groups excluding tert-OH is 1. The molecule has 2 aromatic heterocycles. The fourth-order valence-corrected chi connectivity index (χ4v) is 2.64. The number of imidazole rings is 1. The van der Waals surface area contributed by atoms with Crippen LogP contribution in [-0.4, -0.2) is 64.9 Å². The van der Waals surface area contributed by atoms with E-state index in [1.165, 1.54) is 6.21 Å². The number of nitrogens with zero attached hydrogens (tertiary/aromatic N) is 3. The molecule has 30 heavy (non-hydrogen) atoms. The molecule has 10 heteroatoms. The Kier molecular flexibility index (Phi) is 7.84. The summed E-state index contributed by atoms with van der Waals surface area (Å²) in [5, 5.41) is 23.0. The van der Waals surface area contributed by atoms with E-state index in [0.29, 0.717) is 49.6 Å². The van der Waals surface area contributed by atoms with Gasteiger partial charge in [0.1, 0.15) is 18.2 Å². The maximum atomic E-state index is 8.86. The van der Waals surface area contributed by atoms with Crippen LogP contribution in [0, 0.1) is 5.41 Å². The van der Waals surface area contributed by atoms with Crippen molar-refractivity contribution in [1.29, 1.82) is 5.41 Å². The monoisotopic (exact) mass is 412 g/mol. The summed E-state index contributed by atoms with van der Waals surface area (Å²) in [5.74, 6) is 2.12. The van der Waals surface area contributed by atoms with Crippen LogP contribution in [0.5, 0.6) is 5.75 Å². The number of nitrogens with one attached hydrogen (secondary N) is 3. The number of aromatic amines is 1. The van der Waals surface area contributed by atoms with E-state index in [9.17, 15) is 0 Å². The first kappa shape index (κ1) is 21.4. The summed E-state index contributed by atoms with van der Waals surface area (Å²) in [7, 11) is 1.62. The summed E-state index contributed by atoms with van der Waals surface area (Å²) in [4.78, 5) is 11.9. The van der Waals surface area contributed by atoms with E-state index in [1.807, 2.05) is 18.2 Å². The molecular formula is C20H24N6O4. The van der Waals surface area contributed by atoms with Gasteiger partial charge in [-0.2, -0.15) is 4.98 Å². The highest BCUT2D eigenvalue weighted by molar-refractivity contribution is 5.75. The Balaban J connectivity index is 1.89. The number of benzene rings is 1. The van der Waals surface area contributed by atoms with Crippen molar-refractivity contribution in [2.45, 2.75) is 6.54 Å². The zero-order valence-corrected chi connectivity index (χ0v) is 16.6. The smallest absolute Gasteiger partial charge is 0.240 e. The van der Waals surface area contributed by atoms with E-state index in [-0.39, 0.29) is 6.61 Å². The first-order valence-electron chi connectivity index (χ1n) is 9.37. The van der Waals surface area contributed by atoms with Gasteiger partial charge in [0.2, 0.25) is 11.7 Å². The molecule has 0 fully saturated rings. The molecule has 0 amide bonds. The Morgan fingerprint density at radius 2 is 2.13 bits per heavy atom. The second-order valence-corrected chi connectivity index (χ2v) is 6.21. The van der Waals surface area contributed by atoms with Crippen molar-refractivity contribution in [1.82, 2.24) is 25.4 Å². The predicted molar refractivity (Wildman–Crippen MR) is 111 cm³/mol. The highest BCUT2D eigenvalue weighted by Gasteiger charge is 2.13. The molecule has 10 nitrogen and oxygen atoms in total. The van der Waals surface area contributed by atoms with Crippen molar-refractivity contribution in [2.75, 3.05) is 33.5 Å². The van der Waals surface area contributed by atoms with Crippen molar-refractivity contribution in [3.63, 3.8) is 0 Å². The van der Waals surface area contributed by atoms with Crippen LogP contribution in [0.4, 0.5) is 0 Å². The van der Waals surface area contributed by atoms with Crippen LogP contribution in [0.25, 0.3) is 28.7 Å². The zero-order valence-electron chi connectivity index (χ0n) is 16.6. The van der Waals surface area contributed by atoms with Gasteiger partial charge >= 0.3 is 0 Å². The number of ether oxygens (including phenoxy) is 2. The summed E-state index contributed by atoms with van der Waals surface area (Å²) in [6, 6.07) is 5.64. The van der Waals surface area contributed by atoms with Crippen molar-refractivity contribution in [3.8, 4) is 28.4 Å². The Bertz CT molecular complexity index is 981. The van der Waals surface area contributed by atoms with Crippen LogP contribution in [0.15, 0.2) is 35.0 Å². The van der Waals surface area contributed by atoms with Gasteiger partial charge in [0.15, 0.2) is 0 Å². The molecule has 3 aromatic rings. The lowest BCUT2D eigenvalue weighted by atomic mass is 10.1. The molecule has 0 aliphatic heterocycles. The first-order valence-corrected chi connectivity index (χ1v) is 9.37. The van der Waals surface area contributed by atoms with Crippen molar-refractivity contribution in [3.05, 3.63) is 42.2 Å². The third-order valence-corrected chi connectivity index (χ3v) is 4.01. The van der Waals surface area contributed by atoms with Gasteiger partial charge in [0, 0.05) is 31.0 Å². The van der Waals surface area contributed by atoms with Crippen molar-refractivity contribution < 1.29 is 19.1 Å². The standard InChI is InChI=1S/C20H24N6O4/c1-28-7-8-29-16-10-14(17-12-23-18(24-17)3-2-4-21)9-15(11-16)20-25-19(30-26-20)13-22-5-6-27/h2-4,9-12,21-22,27H,5-8,13H2,1H3,(H,23,24)/b3-2-,21-4?. The fraction of sp³-hybridized carbons (Fsp3) is 0.300. The van der Waals surface area contributed by atoms with Gasteiger partial charge in [-0.05, 0) is 30.4 Å². The van der Waals surface area contributed by atoms with E-state index in [4.69, 9.17) is 24.5 Å². The van der Waals surface area contributed by atoms with E-state index in [0.717, 1.165) is 16.8 Å². The quantitative estimate of drug-likeness (QED) is 0.261. The van der Waals surface area contributed by atoms with Gasteiger partial charge in [-0.25, -0.2) is 4.98 Å². The minimum Gasteiger partial charge on any atom is -0.491 e. The van der Waals surface area contributed by atoms with Crippen LogP contribution in [-0.2, 0) is 11.3 Å². The highest BCUT2D eigenvalue weighted by Crippen LogP contribution is 2.30. The minimum atomic E-state index is 0.0341. The largest absolute Gasteiger partial charge is 0.491 e. The molecule has 0 spiro atoms. The first-order chi connectivity index (χ1) is 14.7. The lowest BCUT2D eigenvalue weighted by Crippen LogP contribution is -2.17. The predicted octanol–water partition coefficient (Wildman–Crippen LogP) is 1.90. The number of aliphatic hydroxyl groups is 1. The molecule has 0 aliphatic carbocycles. The molecule has 0 saturated carbocycles. The summed E-state index contributed by atoms with van der Waals surface area (Å²) >= 11 is 0. The summed E-state index contributed by atoms with van der Waals surface area (Å²) < 4.78 is 16.1. The van der Waals surface area contributed by atoms with E-state index in [1.54, 1.807) is 25.5 Å². The summed E-state index contributed by atoms with van der Waals surface area (Å²) in [6.45, 7) is 1.71. The molecule has 0 radical (unpaired) electrons. The number of methoxy groups -OCH3 is 1. The number of aromatic nitrogens is 4. The van der Waals surface area contributed by atoms with Crippen molar-refractivity contribution in [2.24, 2.45) is 0 Å². The maximum Gasteiger partial charge on any atom is 0.240 e. The van der Waals surface area contributed by atoms with Gasteiger partial charge in [0.25, 0.3) is 0 Å². The topological polar surface area (TPSA) is 142 Å². The zero-order chi connectivity index (χ0) is 21.2. The molecule has 1 aromatic carbocycles. The highest BCUT2D eigenvalue weighted by atomic mass is 16.5. The molecule has 158 valence electrons. The lowest BCUT2D eigenvalue weighted by molar-refractivity contribution is 0.146. The second-order valence-electron chi connectivity index (χ2n) is 6.21. The molecule has 0 atom stereocenters. The molecular weight excluding hydrogens is 388 g/mol. The molecule has 0 aliphatic rings. The summed E-state index contributed by atoms with van der Waals surface area (Å²) in [5.41, 5.74) is 2.35. The van der Waals surface area contributed by atoms with Crippen LogP contribution in [0.1, 0.15) is 11.7 Å². The van der Waals surface area contributed by atoms with Gasteiger partial charge in [-0.15, -0.1) is 0 Å². The minimum absolute atomic E-state index is 0.0341. The Morgan fingerprint density at radius 1 is 1.27 bits per heavy atom. The van der Waals surface area contributed by atoms with Gasteiger partial charge in [-0.3, -0.25) is 0 Å². The van der Waals surface area contributed by atoms with Crippen LogP contribution in [0.3, 0.4) is 0 Å². The number of rotatable bonds is 12. The van der Waals surface area contributed by atoms with Crippen molar-refractivity contribution >= 4 is 12.3 Å². The normalized spacial score (nSPS) is 11.3. The Morgan fingerprint density at radius 3 is 2.93 bits per heavy atom. The fourth-order valence-electron chi connectivity index (χ4n) is 2.64. The van der Waals surface area contributed by atoms with Crippen LogP contribution < -0.4 is 10.1 Å². The number of hydrogen-bond acceptors (Lipinski definition) is 9. The van der Waals surface area contributed by atoms with Crippen LogP contribution >= 0.6 is 0 Å². The van der Waals surface area contributed by atoms with Gasteiger partial charge in [0.05, 0.1) is 31.6 Å². The lowest BCUT2D eigenvalue weighted by Gasteiger charge is -2.09. The average Bonchev–Trinajstić information content (AvgIpc) is 3.42. The second kappa shape index (κ2) is 11.0. The van der Waals surface area contributed by atoms with E-state index < -0.39 is 0 Å². The average molecular weight is 412 g/mol. The number of allylic oxidation sites excluding steroid dienone is 1. The number of hydrogen-bond donors (Lipinski definition) is 4. The maximum absolute atomic E-state index is 8.86. The third kappa shape index (κ3) is 5.83. The molecule has 0 bridgehead atoms. The van der Waals surface area contributed by atoms with E-state index >= 15 is 0 Å². The number of H-pyrrole nitrogens is 1. The van der Waals surface area contributed by atoms with Gasteiger partial charge < -0.3 is 34.8 Å². The Labute approximate surface area is 173 Å². The Hall–Kier alpha value is -3.34. The molecule has 0 unspecified atom stereocenters. The van der Waals surface area contributed by atoms with E-state index in [2.05, 4.69) is 25.4 Å². The summed E-state index contributed by atoms with van der Waals surface area (Å²) in [6.07, 6.45) is 6.20. The SMILES string of the molecule is COCCOc1cc(-c2noc(CNCCO)n2)cc(-c2cnc(/C=C\C=N)[nH]2)c1. The molecule has 4 N–H and O–H groups in total. The third-order valence-electron chi connectivity index (χ3n) is 4.01.